The van der Waals surface area contributed by atoms with E-state index in [1.165, 1.54) is 17.6 Å². The van der Waals surface area contributed by atoms with Crippen LogP contribution in [0.5, 0.6) is 0 Å². The molecule has 3 rings (SSSR count). The number of methoxy groups -OCH3 is 1. The number of aryl methyl sites for hydroxylation is 1. The van der Waals surface area contributed by atoms with Gasteiger partial charge in [-0.15, -0.1) is 11.3 Å². The summed E-state index contributed by atoms with van der Waals surface area (Å²) in [5.74, 6) is 0.0861. The number of unbranched alkanes of at least 4 members (excludes halogenated alkanes) is 1. The monoisotopic (exact) mass is 437 g/mol. The molecule has 7 heteroatoms. The largest absolute Gasteiger partial charge is 0.469 e. The summed E-state index contributed by atoms with van der Waals surface area (Å²) in [4.78, 5) is 14.8. The summed E-state index contributed by atoms with van der Waals surface area (Å²) in [7, 11) is 1.42. The highest BCUT2D eigenvalue weighted by Gasteiger charge is 2.45. The predicted molar refractivity (Wildman–Crippen MR) is 118 cm³/mol. The van der Waals surface area contributed by atoms with E-state index in [0.717, 1.165) is 45.6 Å². The van der Waals surface area contributed by atoms with Crippen LogP contribution >= 0.6 is 11.3 Å². The number of rotatable bonds is 10. The summed E-state index contributed by atoms with van der Waals surface area (Å²) >= 11 is 1.73. The van der Waals surface area contributed by atoms with E-state index in [9.17, 15) is 9.90 Å². The number of aliphatic hydroxyl groups is 1. The molecule has 0 bridgehead atoms. The average Bonchev–Trinajstić information content (AvgIpc) is 3.31. The number of nitrogens with zero attached hydrogens (tertiary/aromatic N) is 1. The van der Waals surface area contributed by atoms with E-state index in [4.69, 9.17) is 9.47 Å². The van der Waals surface area contributed by atoms with E-state index in [-0.39, 0.29) is 30.1 Å². The van der Waals surface area contributed by atoms with Crippen LogP contribution in [0.2, 0.25) is 0 Å². The third kappa shape index (κ3) is 6.62. The Morgan fingerprint density at radius 1 is 1.37 bits per heavy atom. The summed E-state index contributed by atoms with van der Waals surface area (Å²) in [6.07, 6.45) is 7.63. The quantitative estimate of drug-likeness (QED) is 0.344. The molecule has 1 aliphatic heterocycles. The fourth-order valence-corrected chi connectivity index (χ4v) is 5.32. The smallest absolute Gasteiger partial charge is 0.305 e. The first-order chi connectivity index (χ1) is 14.6. The van der Waals surface area contributed by atoms with Gasteiger partial charge in [-0.2, -0.15) is 0 Å². The Labute approximate surface area is 183 Å². The van der Waals surface area contributed by atoms with E-state index >= 15 is 0 Å². The number of morpholine rings is 1. The van der Waals surface area contributed by atoms with Gasteiger partial charge in [-0.05, 0) is 43.2 Å². The summed E-state index contributed by atoms with van der Waals surface area (Å²) in [6.45, 7) is 5.86. The maximum Gasteiger partial charge on any atom is 0.305 e. The van der Waals surface area contributed by atoms with Crippen molar-refractivity contribution in [3.63, 3.8) is 0 Å². The normalized spacial score (nSPS) is 27.7. The topological polar surface area (TPSA) is 68.2 Å². The predicted octanol–water partition coefficient (Wildman–Crippen LogP) is 3.31. The van der Waals surface area contributed by atoms with E-state index in [1.54, 1.807) is 11.3 Å². The zero-order valence-electron chi connectivity index (χ0n) is 18.1. The van der Waals surface area contributed by atoms with Crippen molar-refractivity contribution in [2.75, 3.05) is 33.4 Å². The summed E-state index contributed by atoms with van der Waals surface area (Å²) in [6, 6.07) is 2.27. The third-order valence-corrected chi connectivity index (χ3v) is 7.06. The molecule has 6 nitrogen and oxygen atoms in total. The maximum atomic E-state index is 11.2. The minimum atomic E-state index is -0.379. The van der Waals surface area contributed by atoms with Gasteiger partial charge in [0.25, 0.3) is 0 Å². The first-order valence-corrected chi connectivity index (χ1v) is 11.8. The minimum Gasteiger partial charge on any atom is -0.469 e. The van der Waals surface area contributed by atoms with Gasteiger partial charge in [-0.1, -0.05) is 12.2 Å². The van der Waals surface area contributed by atoms with Crippen molar-refractivity contribution in [3.05, 3.63) is 34.0 Å². The van der Waals surface area contributed by atoms with Crippen LogP contribution in [0.1, 0.15) is 42.5 Å². The molecular formula is C23H35NO5S. The highest BCUT2D eigenvalue weighted by molar-refractivity contribution is 7.10. The second kappa shape index (κ2) is 12.0. The number of aliphatic hydroxyl groups excluding tert-OH is 1. The number of hydrogen-bond acceptors (Lipinski definition) is 7. The molecule has 1 aromatic heterocycles. The number of carbonyl (C=O) groups is 1. The Hall–Kier alpha value is -1.25. The van der Waals surface area contributed by atoms with Crippen molar-refractivity contribution in [2.24, 2.45) is 5.92 Å². The number of esters is 1. The van der Waals surface area contributed by atoms with Crippen molar-refractivity contribution in [1.29, 1.82) is 0 Å². The van der Waals surface area contributed by atoms with Gasteiger partial charge in [0.1, 0.15) is 0 Å². The molecule has 1 N–H and O–H groups in total. The van der Waals surface area contributed by atoms with Gasteiger partial charge in [-0.25, -0.2) is 0 Å². The molecule has 2 fully saturated rings. The van der Waals surface area contributed by atoms with Crippen LogP contribution < -0.4 is 0 Å². The highest BCUT2D eigenvalue weighted by atomic mass is 32.1. The number of thiophene rings is 1. The molecule has 1 aromatic rings. The van der Waals surface area contributed by atoms with Gasteiger partial charge in [0, 0.05) is 42.8 Å². The summed E-state index contributed by atoms with van der Waals surface area (Å²) in [5, 5.41) is 13.0. The van der Waals surface area contributed by atoms with Gasteiger partial charge in [-0.3, -0.25) is 9.69 Å². The van der Waals surface area contributed by atoms with Crippen molar-refractivity contribution in [3.8, 4) is 0 Å². The second-order valence-electron chi connectivity index (χ2n) is 8.22. The average molecular weight is 438 g/mol. The lowest BCUT2D eigenvalue weighted by Gasteiger charge is -2.37. The van der Waals surface area contributed by atoms with Crippen LogP contribution in [-0.2, 0) is 25.6 Å². The molecule has 30 heavy (non-hydrogen) atoms. The summed E-state index contributed by atoms with van der Waals surface area (Å²) < 4.78 is 16.5. The molecule has 0 amide bonds. The lowest BCUT2D eigenvalue weighted by molar-refractivity contribution is -0.140. The molecule has 4 atom stereocenters. The van der Waals surface area contributed by atoms with Crippen molar-refractivity contribution < 1.29 is 24.1 Å². The van der Waals surface area contributed by atoms with Gasteiger partial charge in [0.2, 0.25) is 0 Å². The van der Waals surface area contributed by atoms with Gasteiger partial charge < -0.3 is 19.3 Å². The van der Waals surface area contributed by atoms with Crippen LogP contribution in [-0.4, -0.2) is 67.6 Å². The van der Waals surface area contributed by atoms with Gasteiger partial charge >= 0.3 is 5.97 Å². The zero-order valence-corrected chi connectivity index (χ0v) is 18.9. The Kier molecular flexibility index (Phi) is 9.33. The van der Waals surface area contributed by atoms with E-state index in [0.29, 0.717) is 19.4 Å². The van der Waals surface area contributed by atoms with Gasteiger partial charge in [0.05, 0.1) is 39.1 Å². The molecule has 168 valence electrons. The molecule has 1 saturated carbocycles. The fraction of sp³-hybridized carbons (Fsp3) is 0.696. The molecule has 2 heterocycles. The molecule has 0 spiro atoms. The molecule has 0 unspecified atom stereocenters. The Morgan fingerprint density at radius 2 is 2.17 bits per heavy atom. The lowest BCUT2D eigenvalue weighted by atomic mass is 9.94. The number of hydrogen-bond donors (Lipinski definition) is 1. The fourth-order valence-electron chi connectivity index (χ4n) is 4.52. The van der Waals surface area contributed by atoms with E-state index in [2.05, 4.69) is 40.2 Å². The highest BCUT2D eigenvalue weighted by Crippen LogP contribution is 2.36. The van der Waals surface area contributed by atoms with Gasteiger partial charge in [0.15, 0.2) is 0 Å². The van der Waals surface area contributed by atoms with Crippen LogP contribution in [0.3, 0.4) is 0 Å². The molecule has 0 aromatic carbocycles. The SMILES string of the molecule is COC(=O)CCCC=CC[C@@H]1[C@@H](N2CCOCC2)[C@H](O)C[C@@H]1OCc1cc(C)cs1. The standard InChI is InChI=1S/C23H35NO5S/c1-17-13-18(30-16-17)15-29-21-14-20(25)23(24-9-11-28-12-10-24)19(21)7-5-3-4-6-8-22(26)27-2/h3,5,13,16,19-21,23,25H,4,6-12,14-15H2,1-2H3/t19-,20+,21-,23+/m0/s1. The summed E-state index contributed by atoms with van der Waals surface area (Å²) in [5.41, 5.74) is 1.27. The number of carbonyl (C=O) groups excluding carboxylic acids is 1. The lowest BCUT2D eigenvalue weighted by Crippen LogP contribution is -2.50. The zero-order chi connectivity index (χ0) is 21.3. The molecular weight excluding hydrogens is 402 g/mol. The maximum absolute atomic E-state index is 11.2. The molecule has 0 radical (unpaired) electrons. The second-order valence-corrected chi connectivity index (χ2v) is 9.22. The van der Waals surface area contributed by atoms with Crippen molar-refractivity contribution in [1.82, 2.24) is 4.90 Å². The molecule has 1 aliphatic carbocycles. The van der Waals surface area contributed by atoms with E-state index < -0.39 is 0 Å². The third-order valence-electron chi connectivity index (χ3n) is 6.03. The first kappa shape index (κ1) is 23.4. The minimum absolute atomic E-state index is 0.0370. The van der Waals surface area contributed by atoms with E-state index in [1.807, 2.05) is 0 Å². The van der Waals surface area contributed by atoms with Crippen LogP contribution in [0.4, 0.5) is 0 Å². The molecule has 2 aliphatic rings. The number of allylic oxidation sites excluding steroid dienone is 2. The van der Waals surface area contributed by atoms with Crippen molar-refractivity contribution >= 4 is 17.3 Å². The van der Waals surface area contributed by atoms with Crippen LogP contribution in [0.25, 0.3) is 0 Å². The Balaban J connectivity index is 1.59. The van der Waals surface area contributed by atoms with Crippen LogP contribution in [0, 0.1) is 12.8 Å². The van der Waals surface area contributed by atoms with Crippen molar-refractivity contribution in [2.45, 2.75) is 63.9 Å². The van der Waals surface area contributed by atoms with Crippen LogP contribution in [0.15, 0.2) is 23.6 Å². The molecule has 1 saturated heterocycles. The number of ether oxygens (including phenoxy) is 3. The Bertz CT molecular complexity index is 685. The first-order valence-electron chi connectivity index (χ1n) is 11.0. The Morgan fingerprint density at radius 3 is 2.87 bits per heavy atom.